The molecule has 60 valence electrons. The molecule has 2 rings (SSSR count). The zero-order valence-electron chi connectivity index (χ0n) is 6.81. The molecule has 3 heteroatoms. The SMILES string of the molecule is Cc1ccnn1-c1cccnc1. The van der Waals surface area contributed by atoms with Gasteiger partial charge in [-0.05, 0) is 25.1 Å². The summed E-state index contributed by atoms with van der Waals surface area (Å²) in [6.07, 6.45) is 5.32. The van der Waals surface area contributed by atoms with Crippen LogP contribution in [-0.2, 0) is 0 Å². The molecule has 0 radical (unpaired) electrons. The first-order valence-corrected chi connectivity index (χ1v) is 3.79. The van der Waals surface area contributed by atoms with E-state index in [1.54, 1.807) is 18.6 Å². The van der Waals surface area contributed by atoms with Gasteiger partial charge in [-0.15, -0.1) is 0 Å². The number of hydrogen-bond donors (Lipinski definition) is 0. The standard InChI is InChI=1S/C9H9N3/c1-8-4-6-11-12(8)9-3-2-5-10-7-9/h2-7H,1H3. The third kappa shape index (κ3) is 1.09. The van der Waals surface area contributed by atoms with E-state index < -0.39 is 0 Å². The first-order chi connectivity index (χ1) is 5.88. The molecule has 0 aliphatic heterocycles. The van der Waals surface area contributed by atoms with Crippen molar-refractivity contribution in [2.75, 3.05) is 0 Å². The lowest BCUT2D eigenvalue weighted by atomic mass is 10.4. The van der Waals surface area contributed by atoms with Crippen molar-refractivity contribution in [2.45, 2.75) is 6.92 Å². The Morgan fingerprint density at radius 3 is 2.75 bits per heavy atom. The Kier molecular flexibility index (Phi) is 1.63. The summed E-state index contributed by atoms with van der Waals surface area (Å²) in [5, 5.41) is 4.16. The number of rotatable bonds is 1. The molecule has 0 fully saturated rings. The summed E-state index contributed by atoms with van der Waals surface area (Å²) in [5.74, 6) is 0. The molecule has 0 aliphatic carbocycles. The molecular formula is C9H9N3. The molecule has 0 unspecified atom stereocenters. The first-order valence-electron chi connectivity index (χ1n) is 3.79. The highest BCUT2D eigenvalue weighted by atomic mass is 15.3. The van der Waals surface area contributed by atoms with Gasteiger partial charge in [0.2, 0.25) is 0 Å². The van der Waals surface area contributed by atoms with Crippen LogP contribution in [0.1, 0.15) is 5.69 Å². The van der Waals surface area contributed by atoms with Crippen molar-refractivity contribution in [2.24, 2.45) is 0 Å². The van der Waals surface area contributed by atoms with Crippen molar-refractivity contribution < 1.29 is 0 Å². The van der Waals surface area contributed by atoms with Crippen LogP contribution in [0.4, 0.5) is 0 Å². The smallest absolute Gasteiger partial charge is 0.0831 e. The largest absolute Gasteiger partial charge is 0.262 e. The number of aryl methyl sites for hydroxylation is 1. The van der Waals surface area contributed by atoms with Crippen molar-refractivity contribution in [3.8, 4) is 5.69 Å². The molecule has 3 nitrogen and oxygen atoms in total. The molecule has 0 spiro atoms. The fourth-order valence-electron chi connectivity index (χ4n) is 1.12. The fourth-order valence-corrected chi connectivity index (χ4v) is 1.12. The van der Waals surface area contributed by atoms with E-state index in [2.05, 4.69) is 10.1 Å². The van der Waals surface area contributed by atoms with E-state index in [4.69, 9.17) is 0 Å². The van der Waals surface area contributed by atoms with Crippen LogP contribution >= 0.6 is 0 Å². The van der Waals surface area contributed by atoms with Gasteiger partial charge in [0, 0.05) is 18.1 Å². The molecule has 2 aromatic rings. The molecule has 2 heterocycles. The number of nitrogens with zero attached hydrogens (tertiary/aromatic N) is 3. The minimum absolute atomic E-state index is 1.00. The highest BCUT2D eigenvalue weighted by molar-refractivity contribution is 5.28. The molecule has 0 amide bonds. The quantitative estimate of drug-likeness (QED) is 0.632. The number of hydrogen-bond acceptors (Lipinski definition) is 2. The number of pyridine rings is 1. The van der Waals surface area contributed by atoms with Crippen LogP contribution < -0.4 is 0 Å². The molecule has 0 aliphatic rings. The van der Waals surface area contributed by atoms with Gasteiger partial charge in [-0.2, -0.15) is 5.10 Å². The maximum absolute atomic E-state index is 4.16. The van der Waals surface area contributed by atoms with Crippen molar-refractivity contribution in [1.82, 2.24) is 14.8 Å². The lowest BCUT2D eigenvalue weighted by molar-refractivity contribution is 0.841. The van der Waals surface area contributed by atoms with Crippen LogP contribution in [0.5, 0.6) is 0 Å². The average Bonchev–Trinajstić information content (AvgIpc) is 2.53. The van der Waals surface area contributed by atoms with Gasteiger partial charge in [0.15, 0.2) is 0 Å². The van der Waals surface area contributed by atoms with Crippen molar-refractivity contribution in [3.05, 3.63) is 42.5 Å². The average molecular weight is 159 g/mol. The summed E-state index contributed by atoms with van der Waals surface area (Å²) < 4.78 is 1.85. The van der Waals surface area contributed by atoms with Crippen molar-refractivity contribution in [1.29, 1.82) is 0 Å². The van der Waals surface area contributed by atoms with E-state index in [9.17, 15) is 0 Å². The summed E-state index contributed by atoms with van der Waals surface area (Å²) in [6.45, 7) is 2.01. The molecule has 2 aromatic heterocycles. The van der Waals surface area contributed by atoms with E-state index >= 15 is 0 Å². The molecule has 0 bridgehead atoms. The summed E-state index contributed by atoms with van der Waals surface area (Å²) in [7, 11) is 0. The molecule has 0 saturated heterocycles. The third-order valence-corrected chi connectivity index (χ3v) is 1.72. The third-order valence-electron chi connectivity index (χ3n) is 1.72. The Bertz CT molecular complexity index is 364. The zero-order chi connectivity index (χ0) is 8.39. The summed E-state index contributed by atoms with van der Waals surface area (Å²) >= 11 is 0. The molecular weight excluding hydrogens is 150 g/mol. The van der Waals surface area contributed by atoms with Crippen LogP contribution in [0.25, 0.3) is 5.69 Å². The monoisotopic (exact) mass is 159 g/mol. The topological polar surface area (TPSA) is 30.7 Å². The van der Waals surface area contributed by atoms with Crippen LogP contribution in [-0.4, -0.2) is 14.8 Å². The molecule has 0 aromatic carbocycles. The molecule has 12 heavy (non-hydrogen) atoms. The van der Waals surface area contributed by atoms with Gasteiger partial charge in [-0.25, -0.2) is 4.68 Å². The van der Waals surface area contributed by atoms with E-state index in [1.807, 2.05) is 29.8 Å². The van der Waals surface area contributed by atoms with Gasteiger partial charge in [0.05, 0.1) is 11.9 Å². The maximum Gasteiger partial charge on any atom is 0.0831 e. The van der Waals surface area contributed by atoms with Gasteiger partial charge in [0.1, 0.15) is 0 Å². The van der Waals surface area contributed by atoms with Crippen molar-refractivity contribution in [3.63, 3.8) is 0 Å². The fraction of sp³-hybridized carbons (Fsp3) is 0.111. The van der Waals surface area contributed by atoms with Crippen molar-refractivity contribution >= 4 is 0 Å². The van der Waals surface area contributed by atoms with Crippen LogP contribution in [0.2, 0.25) is 0 Å². The summed E-state index contributed by atoms with van der Waals surface area (Å²) in [6, 6.07) is 5.84. The van der Waals surface area contributed by atoms with Gasteiger partial charge < -0.3 is 0 Å². The highest BCUT2D eigenvalue weighted by Gasteiger charge is 1.97. The van der Waals surface area contributed by atoms with Crippen LogP contribution in [0, 0.1) is 6.92 Å². The van der Waals surface area contributed by atoms with E-state index in [0.29, 0.717) is 0 Å². The lowest BCUT2D eigenvalue weighted by Gasteiger charge is -2.01. The second kappa shape index (κ2) is 2.77. The van der Waals surface area contributed by atoms with E-state index in [-0.39, 0.29) is 0 Å². The lowest BCUT2D eigenvalue weighted by Crippen LogP contribution is -1.97. The molecule has 0 atom stereocenters. The van der Waals surface area contributed by atoms with Gasteiger partial charge in [-0.3, -0.25) is 4.98 Å². The Labute approximate surface area is 70.7 Å². The first kappa shape index (κ1) is 7.03. The Hall–Kier alpha value is -1.64. The minimum Gasteiger partial charge on any atom is -0.262 e. The van der Waals surface area contributed by atoms with Gasteiger partial charge >= 0.3 is 0 Å². The van der Waals surface area contributed by atoms with Gasteiger partial charge in [-0.1, -0.05) is 0 Å². The minimum atomic E-state index is 1.00. The summed E-state index contributed by atoms with van der Waals surface area (Å²) in [4.78, 5) is 4.02. The summed E-state index contributed by atoms with van der Waals surface area (Å²) in [5.41, 5.74) is 2.11. The van der Waals surface area contributed by atoms with E-state index in [0.717, 1.165) is 11.4 Å². The predicted molar refractivity (Wildman–Crippen MR) is 46.1 cm³/mol. The zero-order valence-corrected chi connectivity index (χ0v) is 6.81. The van der Waals surface area contributed by atoms with E-state index in [1.165, 1.54) is 0 Å². The van der Waals surface area contributed by atoms with Gasteiger partial charge in [0.25, 0.3) is 0 Å². The number of aromatic nitrogens is 3. The predicted octanol–water partition coefficient (Wildman–Crippen LogP) is 1.58. The van der Waals surface area contributed by atoms with Crippen LogP contribution in [0.15, 0.2) is 36.8 Å². The Morgan fingerprint density at radius 1 is 1.25 bits per heavy atom. The molecule has 0 saturated carbocycles. The second-order valence-electron chi connectivity index (χ2n) is 2.60. The second-order valence-corrected chi connectivity index (χ2v) is 2.60. The molecule has 0 N–H and O–H groups in total. The maximum atomic E-state index is 4.16. The Morgan fingerprint density at radius 2 is 2.17 bits per heavy atom. The Balaban J connectivity index is 2.51. The normalized spacial score (nSPS) is 10.1. The highest BCUT2D eigenvalue weighted by Crippen LogP contribution is 2.06. The van der Waals surface area contributed by atoms with Crippen LogP contribution in [0.3, 0.4) is 0 Å².